The number of pyridine rings is 1. The second-order valence-electron chi connectivity index (χ2n) is 3.52. The zero-order valence-electron chi connectivity index (χ0n) is 8.54. The minimum atomic E-state index is 0.687. The van der Waals surface area contributed by atoms with Crippen LogP contribution in [0.2, 0.25) is 0 Å². The van der Waals surface area contributed by atoms with Crippen LogP contribution in [0.1, 0.15) is 0 Å². The van der Waals surface area contributed by atoms with Gasteiger partial charge in [0, 0.05) is 24.0 Å². The van der Waals surface area contributed by atoms with Crippen LogP contribution in [0.5, 0.6) is 0 Å². The average molecular weight is 210 g/mol. The number of nitrogens with two attached hydrogens (primary N) is 1. The normalized spacial score (nSPS) is 10.8. The van der Waals surface area contributed by atoms with Crippen molar-refractivity contribution >= 4 is 16.6 Å². The molecule has 2 aromatic heterocycles. The summed E-state index contributed by atoms with van der Waals surface area (Å²) in [6.07, 6.45) is 5.39. The lowest BCUT2D eigenvalue weighted by Gasteiger charge is -2.07. The number of nitrogens with zero attached hydrogens (tertiary/aromatic N) is 3. The van der Waals surface area contributed by atoms with E-state index in [1.807, 2.05) is 41.2 Å². The molecule has 3 rings (SSSR count). The van der Waals surface area contributed by atoms with E-state index in [1.165, 1.54) is 0 Å². The number of rotatable bonds is 1. The maximum absolute atomic E-state index is 5.89. The zero-order valence-corrected chi connectivity index (χ0v) is 8.54. The van der Waals surface area contributed by atoms with E-state index in [0.717, 1.165) is 16.6 Å². The summed E-state index contributed by atoms with van der Waals surface area (Å²) >= 11 is 0. The second kappa shape index (κ2) is 3.34. The van der Waals surface area contributed by atoms with E-state index in [4.69, 9.17) is 5.73 Å². The van der Waals surface area contributed by atoms with E-state index >= 15 is 0 Å². The van der Waals surface area contributed by atoms with Crippen molar-refractivity contribution in [2.24, 2.45) is 0 Å². The molecule has 0 saturated heterocycles. The Morgan fingerprint density at radius 1 is 1.06 bits per heavy atom. The Hall–Kier alpha value is -2.36. The molecular formula is C12H10N4. The maximum Gasteiger partial charge on any atom is 0.0952 e. The molecule has 0 radical (unpaired) electrons. The van der Waals surface area contributed by atoms with Gasteiger partial charge in [0.2, 0.25) is 0 Å². The highest BCUT2D eigenvalue weighted by Gasteiger charge is 2.05. The van der Waals surface area contributed by atoms with Crippen molar-refractivity contribution in [3.63, 3.8) is 0 Å². The Morgan fingerprint density at radius 3 is 2.81 bits per heavy atom. The SMILES string of the molecule is Nc1ccc(-n2cccn2)c2cccnc12. The monoisotopic (exact) mass is 210 g/mol. The Labute approximate surface area is 92.3 Å². The number of aromatic nitrogens is 3. The summed E-state index contributed by atoms with van der Waals surface area (Å²) < 4.78 is 1.81. The highest BCUT2D eigenvalue weighted by atomic mass is 15.3. The van der Waals surface area contributed by atoms with Gasteiger partial charge < -0.3 is 5.73 Å². The molecule has 16 heavy (non-hydrogen) atoms. The molecule has 0 unspecified atom stereocenters. The van der Waals surface area contributed by atoms with Crippen LogP contribution in [-0.4, -0.2) is 14.8 Å². The first-order valence-electron chi connectivity index (χ1n) is 4.99. The molecule has 78 valence electrons. The summed E-state index contributed by atoms with van der Waals surface area (Å²) in [7, 11) is 0. The van der Waals surface area contributed by atoms with Crippen molar-refractivity contribution in [2.75, 3.05) is 5.73 Å². The molecule has 0 fully saturated rings. The van der Waals surface area contributed by atoms with Crippen molar-refractivity contribution < 1.29 is 0 Å². The molecule has 0 spiro atoms. The van der Waals surface area contributed by atoms with Crippen LogP contribution in [0, 0.1) is 0 Å². The molecule has 0 aliphatic carbocycles. The zero-order chi connectivity index (χ0) is 11.0. The standard InChI is InChI=1S/C12H10N4/c13-10-4-5-11(16-8-2-7-15-16)9-3-1-6-14-12(9)10/h1-8H,13H2. The third-order valence-electron chi connectivity index (χ3n) is 2.53. The van der Waals surface area contributed by atoms with E-state index in [0.29, 0.717) is 5.69 Å². The molecule has 0 aliphatic heterocycles. The van der Waals surface area contributed by atoms with Crippen LogP contribution < -0.4 is 5.73 Å². The first-order chi connectivity index (χ1) is 7.86. The predicted molar refractivity (Wildman–Crippen MR) is 63.3 cm³/mol. The molecule has 4 nitrogen and oxygen atoms in total. The molecule has 4 heteroatoms. The largest absolute Gasteiger partial charge is 0.397 e. The van der Waals surface area contributed by atoms with Gasteiger partial charge >= 0.3 is 0 Å². The van der Waals surface area contributed by atoms with Gasteiger partial charge in [-0.1, -0.05) is 0 Å². The van der Waals surface area contributed by atoms with Crippen LogP contribution in [0.4, 0.5) is 5.69 Å². The van der Waals surface area contributed by atoms with Gasteiger partial charge in [0.25, 0.3) is 0 Å². The number of fused-ring (bicyclic) bond motifs is 1. The molecular weight excluding hydrogens is 200 g/mol. The first-order valence-corrected chi connectivity index (χ1v) is 4.99. The highest BCUT2D eigenvalue weighted by molar-refractivity contribution is 5.95. The fourth-order valence-corrected chi connectivity index (χ4v) is 1.79. The van der Waals surface area contributed by atoms with Gasteiger partial charge in [-0.25, -0.2) is 4.68 Å². The van der Waals surface area contributed by atoms with Gasteiger partial charge in [0.05, 0.1) is 16.9 Å². The van der Waals surface area contributed by atoms with Gasteiger partial charge in [-0.2, -0.15) is 5.10 Å². The highest BCUT2D eigenvalue weighted by Crippen LogP contribution is 2.24. The van der Waals surface area contributed by atoms with Gasteiger partial charge in [0.1, 0.15) is 0 Å². The molecule has 1 aromatic carbocycles. The van der Waals surface area contributed by atoms with Gasteiger partial charge in [0.15, 0.2) is 0 Å². The summed E-state index contributed by atoms with van der Waals surface area (Å²) in [5.41, 5.74) is 8.38. The van der Waals surface area contributed by atoms with Crippen LogP contribution in [0.15, 0.2) is 48.9 Å². The van der Waals surface area contributed by atoms with E-state index in [1.54, 1.807) is 12.4 Å². The van der Waals surface area contributed by atoms with Gasteiger partial charge in [-0.05, 0) is 30.3 Å². The van der Waals surface area contributed by atoms with Crippen molar-refractivity contribution in [1.82, 2.24) is 14.8 Å². The van der Waals surface area contributed by atoms with E-state index in [2.05, 4.69) is 10.1 Å². The number of anilines is 1. The molecule has 2 heterocycles. The molecule has 0 saturated carbocycles. The van der Waals surface area contributed by atoms with E-state index in [9.17, 15) is 0 Å². The summed E-state index contributed by atoms with van der Waals surface area (Å²) in [5, 5.41) is 5.22. The Balaban J connectivity index is 2.39. The lowest BCUT2D eigenvalue weighted by Crippen LogP contribution is -1.98. The predicted octanol–water partition coefficient (Wildman–Crippen LogP) is 2.00. The fourth-order valence-electron chi connectivity index (χ4n) is 1.79. The minimum Gasteiger partial charge on any atom is -0.397 e. The van der Waals surface area contributed by atoms with Crippen LogP contribution in [0.25, 0.3) is 16.6 Å². The Kier molecular flexibility index (Phi) is 1.86. The lowest BCUT2D eigenvalue weighted by atomic mass is 10.1. The Bertz CT molecular complexity index is 629. The third-order valence-corrected chi connectivity index (χ3v) is 2.53. The molecule has 0 aliphatic rings. The number of hydrogen-bond acceptors (Lipinski definition) is 3. The summed E-state index contributed by atoms with van der Waals surface area (Å²) in [6.45, 7) is 0. The summed E-state index contributed by atoms with van der Waals surface area (Å²) in [4.78, 5) is 4.29. The molecule has 0 bridgehead atoms. The number of nitrogen functional groups attached to an aromatic ring is 1. The quantitative estimate of drug-likeness (QED) is 0.625. The summed E-state index contributed by atoms with van der Waals surface area (Å²) in [5.74, 6) is 0. The Morgan fingerprint density at radius 2 is 2.00 bits per heavy atom. The first kappa shape index (κ1) is 8.91. The number of benzene rings is 1. The summed E-state index contributed by atoms with van der Waals surface area (Å²) in [6, 6.07) is 9.59. The van der Waals surface area contributed by atoms with Crippen LogP contribution >= 0.6 is 0 Å². The molecule has 2 N–H and O–H groups in total. The topological polar surface area (TPSA) is 56.7 Å². The van der Waals surface area contributed by atoms with Gasteiger partial charge in [-0.15, -0.1) is 0 Å². The maximum atomic E-state index is 5.89. The van der Waals surface area contributed by atoms with Crippen molar-refractivity contribution in [3.05, 3.63) is 48.9 Å². The molecule has 3 aromatic rings. The molecule has 0 atom stereocenters. The lowest BCUT2D eigenvalue weighted by molar-refractivity contribution is 0.887. The van der Waals surface area contributed by atoms with Crippen LogP contribution in [-0.2, 0) is 0 Å². The smallest absolute Gasteiger partial charge is 0.0952 e. The van der Waals surface area contributed by atoms with E-state index < -0.39 is 0 Å². The van der Waals surface area contributed by atoms with Crippen LogP contribution in [0.3, 0.4) is 0 Å². The van der Waals surface area contributed by atoms with Crippen molar-refractivity contribution in [3.8, 4) is 5.69 Å². The minimum absolute atomic E-state index is 0.687. The average Bonchev–Trinajstić information content (AvgIpc) is 2.83. The fraction of sp³-hybridized carbons (Fsp3) is 0. The van der Waals surface area contributed by atoms with Crippen molar-refractivity contribution in [2.45, 2.75) is 0 Å². The number of hydrogen-bond donors (Lipinski definition) is 1. The van der Waals surface area contributed by atoms with Crippen molar-refractivity contribution in [1.29, 1.82) is 0 Å². The molecule has 0 amide bonds. The van der Waals surface area contributed by atoms with E-state index in [-0.39, 0.29) is 0 Å². The van der Waals surface area contributed by atoms with Gasteiger partial charge in [-0.3, -0.25) is 4.98 Å². The second-order valence-corrected chi connectivity index (χ2v) is 3.52. The third kappa shape index (κ3) is 1.24.